The van der Waals surface area contributed by atoms with Crippen molar-refractivity contribution in [1.29, 1.82) is 0 Å². The first-order valence-corrected chi connectivity index (χ1v) is 8.07. The predicted molar refractivity (Wildman–Crippen MR) is 76.1 cm³/mol. The van der Waals surface area contributed by atoms with Crippen LogP contribution in [0, 0.1) is 5.92 Å². The van der Waals surface area contributed by atoms with Crippen molar-refractivity contribution in [2.45, 2.75) is 44.6 Å². The predicted octanol–water partition coefficient (Wildman–Crippen LogP) is 0.599. The van der Waals surface area contributed by atoms with Gasteiger partial charge in [-0.2, -0.15) is 0 Å². The van der Waals surface area contributed by atoms with Crippen molar-refractivity contribution in [2.24, 2.45) is 5.92 Å². The van der Waals surface area contributed by atoms with Crippen LogP contribution in [0.1, 0.15) is 38.5 Å². The Kier molecular flexibility index (Phi) is 4.24. The number of carbonyl (C=O) groups is 2. The van der Waals surface area contributed by atoms with Crippen molar-refractivity contribution >= 4 is 11.8 Å². The summed E-state index contributed by atoms with van der Waals surface area (Å²) in [5.41, 5.74) is 0. The number of piperidine rings is 1. The van der Waals surface area contributed by atoms with Gasteiger partial charge in [-0.15, -0.1) is 0 Å². The molecule has 3 aliphatic rings. The van der Waals surface area contributed by atoms with Crippen molar-refractivity contribution < 1.29 is 9.59 Å². The number of nitrogens with one attached hydrogen (secondary N) is 1. The molecule has 0 aliphatic carbocycles. The zero-order valence-corrected chi connectivity index (χ0v) is 12.1. The third kappa shape index (κ3) is 2.68. The fourth-order valence-electron chi connectivity index (χ4n) is 3.74. The smallest absolute Gasteiger partial charge is 0.245 e. The van der Waals surface area contributed by atoms with Crippen LogP contribution in [-0.2, 0) is 9.59 Å². The van der Waals surface area contributed by atoms with Crippen LogP contribution in [0.5, 0.6) is 0 Å². The molecule has 0 spiro atoms. The number of hydrogen-bond donors (Lipinski definition) is 1. The Bertz CT molecular complexity index is 373. The van der Waals surface area contributed by atoms with Crippen LogP contribution in [0.15, 0.2) is 0 Å². The van der Waals surface area contributed by atoms with E-state index in [1.807, 2.05) is 9.80 Å². The van der Waals surface area contributed by atoms with Crippen LogP contribution in [0.25, 0.3) is 0 Å². The van der Waals surface area contributed by atoms with E-state index in [2.05, 4.69) is 5.32 Å². The van der Waals surface area contributed by atoms with Crippen LogP contribution >= 0.6 is 0 Å². The fourth-order valence-corrected chi connectivity index (χ4v) is 3.74. The van der Waals surface area contributed by atoms with E-state index >= 15 is 0 Å². The number of amides is 2. The average molecular weight is 279 g/mol. The molecule has 3 fully saturated rings. The zero-order valence-electron chi connectivity index (χ0n) is 12.1. The van der Waals surface area contributed by atoms with Gasteiger partial charge in [-0.1, -0.05) is 0 Å². The Labute approximate surface area is 120 Å². The van der Waals surface area contributed by atoms with E-state index in [4.69, 9.17) is 0 Å². The summed E-state index contributed by atoms with van der Waals surface area (Å²) in [5, 5.41) is 3.29. The highest BCUT2D eigenvalue weighted by atomic mass is 16.2. The van der Waals surface area contributed by atoms with Gasteiger partial charge in [0.25, 0.3) is 0 Å². The van der Waals surface area contributed by atoms with E-state index in [-0.39, 0.29) is 23.8 Å². The Morgan fingerprint density at radius 3 is 2.25 bits per heavy atom. The molecule has 3 heterocycles. The summed E-state index contributed by atoms with van der Waals surface area (Å²) >= 11 is 0. The van der Waals surface area contributed by atoms with Gasteiger partial charge in [0.2, 0.25) is 11.8 Å². The molecule has 0 aromatic carbocycles. The van der Waals surface area contributed by atoms with Crippen LogP contribution in [-0.4, -0.2) is 60.4 Å². The summed E-state index contributed by atoms with van der Waals surface area (Å²) in [6.07, 6.45) is 5.88. The standard InChI is InChI=1S/C15H25N3O2/c19-14(12-5-7-16-8-6-12)18-11-3-4-13(18)15(20)17-9-1-2-10-17/h12-13,16H,1-11H2/t13-/m1/s1. The molecule has 112 valence electrons. The molecule has 3 rings (SSSR count). The fraction of sp³-hybridized carbons (Fsp3) is 0.867. The summed E-state index contributed by atoms with van der Waals surface area (Å²) in [6, 6.07) is -0.171. The lowest BCUT2D eigenvalue weighted by atomic mass is 9.96. The topological polar surface area (TPSA) is 52.7 Å². The number of hydrogen-bond acceptors (Lipinski definition) is 3. The number of rotatable bonds is 2. The van der Waals surface area contributed by atoms with Gasteiger partial charge in [0.05, 0.1) is 0 Å². The molecule has 0 radical (unpaired) electrons. The van der Waals surface area contributed by atoms with Gasteiger partial charge in [0.15, 0.2) is 0 Å². The lowest BCUT2D eigenvalue weighted by molar-refractivity contribution is -0.146. The molecule has 2 amide bonds. The van der Waals surface area contributed by atoms with E-state index in [0.717, 1.165) is 71.2 Å². The number of nitrogens with zero attached hydrogens (tertiary/aromatic N) is 2. The second-order valence-electron chi connectivity index (χ2n) is 6.25. The molecule has 5 heteroatoms. The number of carbonyl (C=O) groups excluding carboxylic acids is 2. The molecule has 0 bridgehead atoms. The summed E-state index contributed by atoms with van der Waals surface area (Å²) in [7, 11) is 0. The molecule has 0 aromatic heterocycles. The van der Waals surface area contributed by atoms with E-state index in [0.29, 0.717) is 0 Å². The zero-order chi connectivity index (χ0) is 13.9. The van der Waals surface area contributed by atoms with E-state index in [1.54, 1.807) is 0 Å². The second-order valence-corrected chi connectivity index (χ2v) is 6.25. The highest BCUT2D eigenvalue weighted by Crippen LogP contribution is 2.25. The third-order valence-corrected chi connectivity index (χ3v) is 4.93. The average Bonchev–Trinajstić information content (AvgIpc) is 3.18. The molecule has 0 saturated carbocycles. The monoisotopic (exact) mass is 279 g/mol. The Morgan fingerprint density at radius 2 is 1.55 bits per heavy atom. The number of likely N-dealkylation sites (tertiary alicyclic amines) is 2. The van der Waals surface area contributed by atoms with Gasteiger partial charge in [-0.3, -0.25) is 9.59 Å². The summed E-state index contributed by atoms with van der Waals surface area (Å²) in [6.45, 7) is 4.38. The minimum atomic E-state index is -0.171. The maximum atomic E-state index is 12.7. The van der Waals surface area contributed by atoms with Crippen molar-refractivity contribution in [3.05, 3.63) is 0 Å². The maximum absolute atomic E-state index is 12.7. The summed E-state index contributed by atoms with van der Waals surface area (Å²) in [4.78, 5) is 29.1. The van der Waals surface area contributed by atoms with Gasteiger partial charge < -0.3 is 15.1 Å². The molecule has 1 atom stereocenters. The Balaban J connectivity index is 1.65. The van der Waals surface area contributed by atoms with Gasteiger partial charge in [0.1, 0.15) is 6.04 Å². The Hall–Kier alpha value is -1.10. The molecule has 3 aliphatic heterocycles. The molecule has 0 unspecified atom stereocenters. The molecule has 3 saturated heterocycles. The van der Waals surface area contributed by atoms with Gasteiger partial charge in [-0.05, 0) is 51.6 Å². The molecule has 5 nitrogen and oxygen atoms in total. The van der Waals surface area contributed by atoms with Crippen molar-refractivity contribution in [1.82, 2.24) is 15.1 Å². The normalized spacial score (nSPS) is 28.1. The quantitative estimate of drug-likeness (QED) is 0.805. The van der Waals surface area contributed by atoms with Gasteiger partial charge in [0, 0.05) is 25.6 Å². The lowest BCUT2D eigenvalue weighted by Crippen LogP contribution is -2.49. The molecule has 0 aromatic rings. The molecular formula is C15H25N3O2. The SMILES string of the molecule is O=C([C@H]1CCCN1C(=O)C1CCNCC1)N1CCCC1. The first-order chi connectivity index (χ1) is 9.77. The minimum Gasteiger partial charge on any atom is -0.341 e. The van der Waals surface area contributed by atoms with E-state index in [1.165, 1.54) is 0 Å². The minimum absolute atomic E-state index is 0.128. The highest BCUT2D eigenvalue weighted by Gasteiger charge is 2.39. The maximum Gasteiger partial charge on any atom is 0.245 e. The molecular weight excluding hydrogens is 254 g/mol. The van der Waals surface area contributed by atoms with Crippen molar-refractivity contribution in [2.75, 3.05) is 32.7 Å². The van der Waals surface area contributed by atoms with Crippen molar-refractivity contribution in [3.63, 3.8) is 0 Å². The van der Waals surface area contributed by atoms with E-state index in [9.17, 15) is 9.59 Å². The summed E-state index contributed by atoms with van der Waals surface area (Å²) in [5.74, 6) is 0.548. The second kappa shape index (κ2) is 6.12. The first kappa shape index (κ1) is 13.9. The van der Waals surface area contributed by atoms with E-state index < -0.39 is 0 Å². The largest absolute Gasteiger partial charge is 0.341 e. The highest BCUT2D eigenvalue weighted by molar-refractivity contribution is 5.89. The van der Waals surface area contributed by atoms with Crippen LogP contribution in [0.2, 0.25) is 0 Å². The molecule has 1 N–H and O–H groups in total. The summed E-state index contributed by atoms with van der Waals surface area (Å²) < 4.78 is 0. The molecule has 20 heavy (non-hydrogen) atoms. The van der Waals surface area contributed by atoms with Crippen LogP contribution in [0.3, 0.4) is 0 Å². The first-order valence-electron chi connectivity index (χ1n) is 8.07. The van der Waals surface area contributed by atoms with Gasteiger partial charge >= 0.3 is 0 Å². The Morgan fingerprint density at radius 1 is 0.850 bits per heavy atom. The van der Waals surface area contributed by atoms with Crippen LogP contribution < -0.4 is 5.32 Å². The van der Waals surface area contributed by atoms with Crippen molar-refractivity contribution in [3.8, 4) is 0 Å². The third-order valence-electron chi connectivity index (χ3n) is 4.93. The van der Waals surface area contributed by atoms with Crippen LogP contribution in [0.4, 0.5) is 0 Å². The lowest BCUT2D eigenvalue weighted by Gasteiger charge is -2.32. The van der Waals surface area contributed by atoms with Gasteiger partial charge in [-0.25, -0.2) is 0 Å².